The van der Waals surface area contributed by atoms with Crippen molar-refractivity contribution < 1.29 is 0 Å². The normalized spacial score (nSPS) is 36.9. The fraction of sp³-hybridized carbons (Fsp3) is 0.500. The number of rotatable bonds is 0. The predicted molar refractivity (Wildman–Crippen MR) is 47.0 cm³/mol. The van der Waals surface area contributed by atoms with Gasteiger partial charge < -0.3 is 0 Å². The Hall–Kier alpha value is -0.890. The minimum atomic E-state index is 0.799. The van der Waals surface area contributed by atoms with E-state index in [1.54, 1.807) is 0 Å². The Bertz CT molecular complexity index is 290. The van der Waals surface area contributed by atoms with E-state index in [0.29, 0.717) is 0 Å². The molecule has 3 atom stereocenters. The van der Waals surface area contributed by atoms with Crippen LogP contribution in [0.15, 0.2) is 18.3 Å². The lowest BCUT2D eigenvalue weighted by Crippen LogP contribution is -2.12. The molecule has 0 bridgehead atoms. The van der Waals surface area contributed by atoms with Gasteiger partial charge in [0.25, 0.3) is 0 Å². The molecule has 1 aliphatic carbocycles. The van der Waals surface area contributed by atoms with Crippen molar-refractivity contribution in [3.63, 3.8) is 0 Å². The first-order valence-electron chi connectivity index (χ1n) is 4.51. The van der Waals surface area contributed by atoms with Gasteiger partial charge in [-0.15, -0.1) is 0 Å². The SMILES string of the molecule is CN1C2Cc3cccnc3CC21. The van der Waals surface area contributed by atoms with Crippen molar-refractivity contribution >= 4 is 0 Å². The van der Waals surface area contributed by atoms with Crippen LogP contribution < -0.4 is 0 Å². The molecule has 0 amide bonds. The molecule has 1 saturated heterocycles. The molecule has 2 nitrogen and oxygen atoms in total. The number of nitrogens with zero attached hydrogens (tertiary/aromatic N) is 2. The number of hydrogen-bond donors (Lipinski definition) is 0. The third kappa shape index (κ3) is 0.758. The maximum absolute atomic E-state index is 4.40. The Kier molecular flexibility index (Phi) is 1.14. The van der Waals surface area contributed by atoms with E-state index < -0.39 is 0 Å². The molecule has 62 valence electrons. The molecule has 0 aromatic carbocycles. The number of pyridine rings is 1. The fourth-order valence-electron chi connectivity index (χ4n) is 2.30. The highest BCUT2D eigenvalue weighted by molar-refractivity contribution is 5.30. The molecule has 2 heterocycles. The quantitative estimate of drug-likeness (QED) is 0.523. The summed E-state index contributed by atoms with van der Waals surface area (Å²) in [6.07, 6.45) is 4.28. The summed E-state index contributed by atoms with van der Waals surface area (Å²) in [5, 5.41) is 0. The minimum absolute atomic E-state index is 0.799. The van der Waals surface area contributed by atoms with Crippen LogP contribution in [-0.2, 0) is 12.8 Å². The Morgan fingerprint density at radius 1 is 1.42 bits per heavy atom. The Morgan fingerprint density at radius 2 is 2.25 bits per heavy atom. The van der Waals surface area contributed by atoms with Crippen LogP contribution >= 0.6 is 0 Å². The third-order valence-corrected chi connectivity index (χ3v) is 3.22. The zero-order chi connectivity index (χ0) is 8.13. The molecule has 2 aliphatic rings. The lowest BCUT2D eigenvalue weighted by molar-refractivity contribution is 0.586. The van der Waals surface area contributed by atoms with Crippen LogP contribution in [0, 0.1) is 0 Å². The number of likely N-dealkylation sites (N-methyl/N-ethyl adjacent to an activating group) is 1. The average molecular weight is 160 g/mol. The lowest BCUT2D eigenvalue weighted by Gasteiger charge is -2.10. The summed E-state index contributed by atoms with van der Waals surface area (Å²) in [6.45, 7) is 0. The standard InChI is InChI=1S/C10H12N2/c1-12-9-5-7-3-2-4-11-8(7)6-10(9)12/h2-4,9-10H,5-6H2,1H3. The van der Waals surface area contributed by atoms with Crippen LogP contribution in [0.5, 0.6) is 0 Å². The Balaban J connectivity index is 2.00. The zero-order valence-electron chi connectivity index (χ0n) is 7.20. The van der Waals surface area contributed by atoms with Gasteiger partial charge in [-0.05, 0) is 25.1 Å². The van der Waals surface area contributed by atoms with Crippen LogP contribution in [0.4, 0.5) is 0 Å². The summed E-state index contributed by atoms with van der Waals surface area (Å²) in [6, 6.07) is 5.88. The van der Waals surface area contributed by atoms with E-state index in [4.69, 9.17) is 0 Å². The van der Waals surface area contributed by atoms with Crippen molar-refractivity contribution in [1.29, 1.82) is 0 Å². The Labute approximate surface area is 72.2 Å². The fourth-order valence-corrected chi connectivity index (χ4v) is 2.30. The molecular formula is C10H12N2. The van der Waals surface area contributed by atoms with Gasteiger partial charge in [0.05, 0.1) is 0 Å². The molecule has 3 rings (SSSR count). The molecule has 3 unspecified atom stereocenters. The van der Waals surface area contributed by atoms with Gasteiger partial charge in [0.2, 0.25) is 0 Å². The summed E-state index contributed by atoms with van der Waals surface area (Å²) in [4.78, 5) is 6.85. The van der Waals surface area contributed by atoms with E-state index >= 15 is 0 Å². The summed E-state index contributed by atoms with van der Waals surface area (Å²) < 4.78 is 0. The van der Waals surface area contributed by atoms with Gasteiger partial charge in [-0.1, -0.05) is 6.07 Å². The van der Waals surface area contributed by atoms with E-state index in [1.807, 2.05) is 12.3 Å². The highest BCUT2D eigenvalue weighted by Crippen LogP contribution is 2.36. The van der Waals surface area contributed by atoms with E-state index in [-0.39, 0.29) is 0 Å². The molecular weight excluding hydrogens is 148 g/mol. The molecule has 2 heteroatoms. The largest absolute Gasteiger partial charge is 0.297 e. The lowest BCUT2D eigenvalue weighted by atomic mass is 9.96. The molecule has 1 aliphatic heterocycles. The van der Waals surface area contributed by atoms with Crippen molar-refractivity contribution in [2.24, 2.45) is 0 Å². The summed E-state index contributed by atoms with van der Waals surface area (Å²) in [5.41, 5.74) is 2.78. The van der Waals surface area contributed by atoms with Gasteiger partial charge >= 0.3 is 0 Å². The maximum Gasteiger partial charge on any atom is 0.0452 e. The van der Waals surface area contributed by atoms with E-state index in [9.17, 15) is 0 Å². The Morgan fingerprint density at radius 3 is 3.17 bits per heavy atom. The highest BCUT2D eigenvalue weighted by Gasteiger charge is 2.47. The summed E-state index contributed by atoms with van der Waals surface area (Å²) in [5.74, 6) is 0. The first-order valence-corrected chi connectivity index (χ1v) is 4.51. The van der Waals surface area contributed by atoms with Crippen molar-refractivity contribution in [1.82, 2.24) is 9.88 Å². The average Bonchev–Trinajstić information content (AvgIpc) is 2.74. The monoisotopic (exact) mass is 160 g/mol. The van der Waals surface area contributed by atoms with Crippen molar-refractivity contribution in [2.45, 2.75) is 24.9 Å². The molecule has 0 N–H and O–H groups in total. The summed E-state index contributed by atoms with van der Waals surface area (Å²) >= 11 is 0. The van der Waals surface area contributed by atoms with Gasteiger partial charge in [-0.25, -0.2) is 0 Å². The molecule has 0 saturated carbocycles. The van der Waals surface area contributed by atoms with Crippen LogP contribution in [0.25, 0.3) is 0 Å². The maximum atomic E-state index is 4.40. The van der Waals surface area contributed by atoms with Gasteiger partial charge in [0.1, 0.15) is 0 Å². The molecule has 0 radical (unpaired) electrons. The minimum Gasteiger partial charge on any atom is -0.297 e. The number of fused-ring (bicyclic) bond motifs is 2. The molecule has 1 aromatic rings. The molecule has 12 heavy (non-hydrogen) atoms. The van der Waals surface area contributed by atoms with Crippen LogP contribution in [0.2, 0.25) is 0 Å². The van der Waals surface area contributed by atoms with Crippen molar-refractivity contribution in [2.75, 3.05) is 7.05 Å². The van der Waals surface area contributed by atoms with Crippen molar-refractivity contribution in [3.05, 3.63) is 29.6 Å². The first-order chi connectivity index (χ1) is 5.86. The second-order valence-electron chi connectivity index (χ2n) is 3.82. The van der Waals surface area contributed by atoms with Gasteiger partial charge in [0, 0.05) is 30.4 Å². The third-order valence-electron chi connectivity index (χ3n) is 3.22. The number of hydrogen-bond acceptors (Lipinski definition) is 2. The first kappa shape index (κ1) is 6.61. The van der Waals surface area contributed by atoms with Crippen molar-refractivity contribution in [3.8, 4) is 0 Å². The van der Waals surface area contributed by atoms with Gasteiger partial charge in [-0.2, -0.15) is 0 Å². The molecule has 0 spiro atoms. The topological polar surface area (TPSA) is 15.9 Å². The van der Waals surface area contributed by atoms with Crippen LogP contribution in [0.1, 0.15) is 11.3 Å². The predicted octanol–water partition coefficient (Wildman–Crippen LogP) is 0.863. The molecule has 1 aromatic heterocycles. The smallest absolute Gasteiger partial charge is 0.0452 e. The second-order valence-corrected chi connectivity index (χ2v) is 3.82. The number of aromatic nitrogens is 1. The van der Waals surface area contributed by atoms with E-state index in [1.165, 1.54) is 17.7 Å². The summed E-state index contributed by atoms with van der Waals surface area (Å²) in [7, 11) is 2.21. The zero-order valence-corrected chi connectivity index (χ0v) is 7.20. The van der Waals surface area contributed by atoms with Gasteiger partial charge in [-0.3, -0.25) is 9.88 Å². The van der Waals surface area contributed by atoms with Gasteiger partial charge in [0.15, 0.2) is 0 Å². The molecule has 1 fully saturated rings. The van der Waals surface area contributed by atoms with Crippen LogP contribution in [-0.4, -0.2) is 29.0 Å². The van der Waals surface area contributed by atoms with E-state index in [0.717, 1.165) is 18.5 Å². The highest BCUT2D eigenvalue weighted by atomic mass is 15.3. The second kappa shape index (κ2) is 2.07. The van der Waals surface area contributed by atoms with Crippen LogP contribution in [0.3, 0.4) is 0 Å². The van der Waals surface area contributed by atoms with E-state index in [2.05, 4.69) is 23.0 Å².